The van der Waals surface area contributed by atoms with Crippen molar-refractivity contribution in [3.8, 4) is 11.5 Å². The first kappa shape index (κ1) is 21.7. The first-order chi connectivity index (χ1) is 16.1. The van der Waals surface area contributed by atoms with Crippen LogP contribution in [0.5, 0.6) is 11.5 Å². The Morgan fingerprint density at radius 1 is 1.03 bits per heavy atom. The van der Waals surface area contributed by atoms with E-state index in [-0.39, 0.29) is 12.7 Å². The fraction of sp³-hybridized carbons (Fsp3) is 0.333. The van der Waals surface area contributed by atoms with Gasteiger partial charge in [-0.1, -0.05) is 25.0 Å². The number of nitrogens with zero attached hydrogens (tertiary/aromatic N) is 1. The number of aliphatic imine (C=N–C) groups is 1. The number of carbonyl (C=O) groups is 1. The highest BCUT2D eigenvalue weighted by atomic mass is 32.1. The van der Waals surface area contributed by atoms with Crippen LogP contribution < -0.4 is 14.8 Å². The Balaban J connectivity index is 1.50. The monoisotopic (exact) mass is 460 g/mol. The number of nitrogens with one attached hydrogen (secondary N) is 1. The smallest absolute Gasteiger partial charge is 0.259 e. The molecule has 1 aromatic heterocycles. The number of thiophene rings is 1. The summed E-state index contributed by atoms with van der Waals surface area (Å²) in [5.41, 5.74) is 5.94. The number of ether oxygens (including phenoxy) is 2. The molecule has 0 radical (unpaired) electrons. The third kappa shape index (κ3) is 4.53. The predicted molar refractivity (Wildman–Crippen MR) is 134 cm³/mol. The van der Waals surface area contributed by atoms with Crippen LogP contribution in [0.4, 0.5) is 10.7 Å². The Morgan fingerprint density at radius 3 is 2.73 bits per heavy atom. The van der Waals surface area contributed by atoms with E-state index < -0.39 is 0 Å². The van der Waals surface area contributed by atoms with Gasteiger partial charge in [0.15, 0.2) is 11.5 Å². The molecule has 0 unspecified atom stereocenters. The van der Waals surface area contributed by atoms with E-state index >= 15 is 0 Å². The van der Waals surface area contributed by atoms with Crippen molar-refractivity contribution in [3.05, 3.63) is 69.1 Å². The molecule has 1 aliphatic heterocycles. The first-order valence-corrected chi connectivity index (χ1v) is 12.4. The maximum Gasteiger partial charge on any atom is 0.259 e. The standard InChI is InChI=1S/C27H28N2O3S/c1-17-8-7-10-21(18(17)2)29-26(30)25-20-9-5-3-4-6-11-24(20)33-27(25)28-15-19-12-13-22-23(14-19)32-16-31-22/h7-8,10,12-15H,3-6,9,11,16H2,1-2H3,(H,29,30). The van der Waals surface area contributed by atoms with Crippen LogP contribution in [0.15, 0.2) is 41.4 Å². The van der Waals surface area contributed by atoms with Crippen LogP contribution in [0, 0.1) is 13.8 Å². The molecule has 5 nitrogen and oxygen atoms in total. The zero-order valence-corrected chi connectivity index (χ0v) is 19.9. The van der Waals surface area contributed by atoms with Crippen LogP contribution in [-0.4, -0.2) is 18.9 Å². The number of amides is 1. The largest absolute Gasteiger partial charge is 0.454 e. The van der Waals surface area contributed by atoms with E-state index in [1.807, 2.05) is 43.5 Å². The van der Waals surface area contributed by atoms with E-state index in [4.69, 9.17) is 14.5 Å². The van der Waals surface area contributed by atoms with Gasteiger partial charge in [-0.15, -0.1) is 11.3 Å². The highest BCUT2D eigenvalue weighted by molar-refractivity contribution is 7.16. The number of rotatable bonds is 4. The van der Waals surface area contributed by atoms with Crippen molar-refractivity contribution in [2.45, 2.75) is 52.4 Å². The maximum atomic E-state index is 13.6. The molecular formula is C27H28N2O3S. The Kier molecular flexibility index (Phi) is 6.18. The summed E-state index contributed by atoms with van der Waals surface area (Å²) in [6, 6.07) is 11.8. The summed E-state index contributed by atoms with van der Waals surface area (Å²) in [4.78, 5) is 19.7. The molecule has 0 fully saturated rings. The topological polar surface area (TPSA) is 59.9 Å². The molecule has 1 amide bonds. The Morgan fingerprint density at radius 2 is 1.85 bits per heavy atom. The molecule has 0 saturated heterocycles. The molecule has 0 bridgehead atoms. The summed E-state index contributed by atoms with van der Waals surface area (Å²) in [5.74, 6) is 1.41. The van der Waals surface area contributed by atoms with Crippen molar-refractivity contribution in [1.29, 1.82) is 0 Å². The van der Waals surface area contributed by atoms with Crippen molar-refractivity contribution in [2.24, 2.45) is 4.99 Å². The molecule has 3 aromatic rings. The van der Waals surface area contributed by atoms with E-state index in [1.165, 1.54) is 23.3 Å². The van der Waals surface area contributed by atoms with Crippen LogP contribution in [0.1, 0.15) is 63.2 Å². The lowest BCUT2D eigenvalue weighted by Gasteiger charge is -2.13. The third-order valence-electron chi connectivity index (χ3n) is 6.46. The van der Waals surface area contributed by atoms with Gasteiger partial charge >= 0.3 is 0 Å². The number of hydrogen-bond acceptors (Lipinski definition) is 5. The summed E-state index contributed by atoms with van der Waals surface area (Å²) in [6.45, 7) is 4.35. The number of carbonyl (C=O) groups excluding carboxylic acids is 1. The van der Waals surface area contributed by atoms with E-state index in [9.17, 15) is 4.79 Å². The summed E-state index contributed by atoms with van der Waals surface area (Å²) >= 11 is 1.66. The zero-order valence-electron chi connectivity index (χ0n) is 19.1. The van der Waals surface area contributed by atoms with Crippen molar-refractivity contribution >= 4 is 34.1 Å². The minimum atomic E-state index is -0.0698. The van der Waals surface area contributed by atoms with Crippen molar-refractivity contribution in [1.82, 2.24) is 0 Å². The number of aryl methyl sites for hydroxylation is 2. The normalized spacial score (nSPS) is 15.2. The third-order valence-corrected chi connectivity index (χ3v) is 7.66. The molecule has 0 atom stereocenters. The molecule has 0 saturated carbocycles. The van der Waals surface area contributed by atoms with Gasteiger partial charge in [0.05, 0.1) is 5.56 Å². The van der Waals surface area contributed by atoms with E-state index in [0.717, 1.165) is 70.1 Å². The van der Waals surface area contributed by atoms with Gasteiger partial charge < -0.3 is 14.8 Å². The second kappa shape index (κ2) is 9.40. The Labute approximate surface area is 198 Å². The molecule has 2 aliphatic rings. The lowest BCUT2D eigenvalue weighted by Crippen LogP contribution is -2.15. The summed E-state index contributed by atoms with van der Waals surface area (Å²) in [5, 5.41) is 3.95. The van der Waals surface area contributed by atoms with Crippen LogP contribution in [0.25, 0.3) is 0 Å². The molecule has 1 aliphatic carbocycles. The number of fused-ring (bicyclic) bond motifs is 2. The van der Waals surface area contributed by atoms with Gasteiger partial charge in [0.1, 0.15) is 5.00 Å². The first-order valence-electron chi connectivity index (χ1n) is 11.6. The second-order valence-electron chi connectivity index (χ2n) is 8.67. The van der Waals surface area contributed by atoms with E-state index in [0.29, 0.717) is 0 Å². The number of benzene rings is 2. The second-order valence-corrected chi connectivity index (χ2v) is 9.75. The molecule has 170 valence electrons. The predicted octanol–water partition coefficient (Wildman–Crippen LogP) is 6.76. The molecule has 0 spiro atoms. The van der Waals surface area contributed by atoms with Crippen molar-refractivity contribution < 1.29 is 14.3 Å². The average Bonchev–Trinajstić information content (AvgIpc) is 3.39. The van der Waals surface area contributed by atoms with Crippen LogP contribution in [0.2, 0.25) is 0 Å². The Hall–Kier alpha value is -3.12. The van der Waals surface area contributed by atoms with Crippen LogP contribution in [-0.2, 0) is 12.8 Å². The van der Waals surface area contributed by atoms with E-state index in [1.54, 1.807) is 11.3 Å². The highest BCUT2D eigenvalue weighted by Crippen LogP contribution is 2.40. The van der Waals surface area contributed by atoms with Gasteiger partial charge in [-0.25, -0.2) is 4.99 Å². The Bertz CT molecular complexity index is 1230. The maximum absolute atomic E-state index is 13.6. The lowest BCUT2D eigenvalue weighted by atomic mass is 9.96. The number of hydrogen-bond donors (Lipinski definition) is 1. The van der Waals surface area contributed by atoms with Gasteiger partial charge in [-0.2, -0.15) is 0 Å². The van der Waals surface area contributed by atoms with Crippen molar-refractivity contribution in [3.63, 3.8) is 0 Å². The van der Waals surface area contributed by atoms with Gasteiger partial charge in [0, 0.05) is 16.8 Å². The SMILES string of the molecule is Cc1cccc(NC(=O)c2c(N=Cc3ccc4c(c3)OCO4)sc3c2CCCCCC3)c1C. The number of anilines is 1. The van der Waals surface area contributed by atoms with Gasteiger partial charge in [0.2, 0.25) is 6.79 Å². The van der Waals surface area contributed by atoms with Crippen molar-refractivity contribution in [2.75, 3.05) is 12.1 Å². The quantitative estimate of drug-likeness (QED) is 0.438. The minimum absolute atomic E-state index is 0.0698. The van der Waals surface area contributed by atoms with Gasteiger partial charge in [-0.05, 0) is 86.1 Å². The van der Waals surface area contributed by atoms with Gasteiger partial charge in [0.25, 0.3) is 5.91 Å². The summed E-state index contributed by atoms with van der Waals surface area (Å²) < 4.78 is 10.9. The van der Waals surface area contributed by atoms with E-state index in [2.05, 4.69) is 18.3 Å². The average molecular weight is 461 g/mol. The minimum Gasteiger partial charge on any atom is -0.454 e. The van der Waals surface area contributed by atoms with Crippen LogP contribution in [0.3, 0.4) is 0 Å². The lowest BCUT2D eigenvalue weighted by molar-refractivity contribution is 0.102. The summed E-state index contributed by atoms with van der Waals surface area (Å²) in [6.07, 6.45) is 8.50. The highest BCUT2D eigenvalue weighted by Gasteiger charge is 2.24. The fourth-order valence-electron chi connectivity index (χ4n) is 4.43. The molecule has 6 heteroatoms. The molecule has 2 aromatic carbocycles. The molecule has 33 heavy (non-hydrogen) atoms. The summed E-state index contributed by atoms with van der Waals surface area (Å²) in [7, 11) is 0. The molecular weight excluding hydrogens is 432 g/mol. The molecule has 2 heterocycles. The van der Waals surface area contributed by atoms with Gasteiger partial charge in [-0.3, -0.25) is 4.79 Å². The fourth-order valence-corrected chi connectivity index (χ4v) is 5.66. The van der Waals surface area contributed by atoms with Crippen LogP contribution >= 0.6 is 11.3 Å². The molecule has 5 rings (SSSR count). The molecule has 1 N–H and O–H groups in total. The zero-order chi connectivity index (χ0) is 22.8.